The number of hydrogen-bond acceptors (Lipinski definition) is 6. The molecule has 0 atom stereocenters. The highest BCUT2D eigenvalue weighted by Gasteiger charge is 2.22. The molecule has 1 aliphatic heterocycles. The number of sulfonamides is 1. The molecule has 2 aromatic carbocycles. The first kappa shape index (κ1) is 20.7. The summed E-state index contributed by atoms with van der Waals surface area (Å²) in [6.07, 6.45) is 1.33. The fourth-order valence-electron chi connectivity index (χ4n) is 2.95. The quantitative estimate of drug-likeness (QED) is 0.544. The van der Waals surface area contributed by atoms with Crippen LogP contribution in [0.1, 0.15) is 33.6 Å². The number of anilines is 1. The van der Waals surface area contributed by atoms with Crippen LogP contribution < -0.4 is 9.62 Å². The number of carbonyl (C=O) groups is 3. The zero-order valence-corrected chi connectivity index (χ0v) is 16.6. The smallest absolute Gasteiger partial charge is 0.338 e. The van der Waals surface area contributed by atoms with E-state index in [-0.39, 0.29) is 16.4 Å². The van der Waals surface area contributed by atoms with E-state index in [1.807, 2.05) is 0 Å². The van der Waals surface area contributed by atoms with Crippen LogP contribution in [0.4, 0.5) is 5.69 Å². The lowest BCUT2D eigenvalue weighted by molar-refractivity contribution is -0.117. The molecule has 152 valence electrons. The van der Waals surface area contributed by atoms with Crippen molar-refractivity contribution >= 4 is 33.4 Å². The molecule has 29 heavy (non-hydrogen) atoms. The maximum Gasteiger partial charge on any atom is 0.338 e. The Morgan fingerprint density at radius 1 is 1.10 bits per heavy atom. The number of amides is 1. The van der Waals surface area contributed by atoms with Crippen LogP contribution in [0.2, 0.25) is 0 Å². The van der Waals surface area contributed by atoms with Crippen LogP contribution in [-0.2, 0) is 19.6 Å². The molecule has 1 aliphatic rings. The highest BCUT2D eigenvalue weighted by molar-refractivity contribution is 7.89. The average molecular weight is 416 g/mol. The van der Waals surface area contributed by atoms with Crippen LogP contribution in [-0.4, -0.2) is 46.3 Å². The number of ether oxygens (including phenoxy) is 1. The van der Waals surface area contributed by atoms with Gasteiger partial charge in [0.15, 0.2) is 12.4 Å². The Balaban J connectivity index is 1.62. The molecule has 1 heterocycles. The molecule has 0 unspecified atom stereocenters. The summed E-state index contributed by atoms with van der Waals surface area (Å²) in [5, 5.41) is 0. The maximum absolute atomic E-state index is 12.3. The first-order valence-corrected chi connectivity index (χ1v) is 10.4. The topological polar surface area (TPSA) is 110 Å². The second-order valence-corrected chi connectivity index (χ2v) is 8.32. The maximum atomic E-state index is 12.3. The van der Waals surface area contributed by atoms with Gasteiger partial charge in [-0.2, -0.15) is 0 Å². The van der Waals surface area contributed by atoms with E-state index in [1.165, 1.54) is 31.3 Å². The monoisotopic (exact) mass is 416 g/mol. The minimum atomic E-state index is -3.70. The average Bonchev–Trinajstić information content (AvgIpc) is 3.17. The molecule has 1 fully saturated rings. The zero-order chi connectivity index (χ0) is 21.0. The SMILES string of the molecule is CNS(=O)(=O)c1cccc(C(=O)OCC(=O)c2ccc(N3CCCC3=O)cc2)c1. The van der Waals surface area contributed by atoms with Crippen molar-refractivity contribution in [2.45, 2.75) is 17.7 Å². The van der Waals surface area contributed by atoms with E-state index in [9.17, 15) is 22.8 Å². The van der Waals surface area contributed by atoms with Crippen LogP contribution in [0.3, 0.4) is 0 Å². The Kier molecular flexibility index (Phi) is 6.09. The number of nitrogens with zero attached hydrogens (tertiary/aromatic N) is 1. The van der Waals surface area contributed by atoms with Gasteiger partial charge in [0.1, 0.15) is 0 Å². The lowest BCUT2D eigenvalue weighted by Gasteiger charge is -2.15. The van der Waals surface area contributed by atoms with E-state index in [2.05, 4.69) is 4.72 Å². The predicted molar refractivity (Wildman–Crippen MR) is 105 cm³/mol. The van der Waals surface area contributed by atoms with Crippen molar-refractivity contribution < 1.29 is 27.5 Å². The molecular weight excluding hydrogens is 396 g/mol. The molecule has 8 nitrogen and oxygen atoms in total. The summed E-state index contributed by atoms with van der Waals surface area (Å²) >= 11 is 0. The highest BCUT2D eigenvalue weighted by Crippen LogP contribution is 2.21. The Hall–Kier alpha value is -3.04. The number of nitrogens with one attached hydrogen (secondary N) is 1. The molecule has 0 spiro atoms. The van der Waals surface area contributed by atoms with E-state index in [0.717, 1.165) is 12.1 Å². The molecule has 0 aliphatic carbocycles. The highest BCUT2D eigenvalue weighted by atomic mass is 32.2. The molecule has 0 aromatic heterocycles. The van der Waals surface area contributed by atoms with E-state index in [1.54, 1.807) is 29.2 Å². The Bertz CT molecular complexity index is 1050. The summed E-state index contributed by atoms with van der Waals surface area (Å²) in [5.74, 6) is -1.15. The third-order valence-corrected chi connectivity index (χ3v) is 5.97. The molecule has 1 amide bonds. The van der Waals surface area contributed by atoms with Gasteiger partial charge in [-0.3, -0.25) is 9.59 Å². The van der Waals surface area contributed by atoms with Crippen molar-refractivity contribution in [3.05, 3.63) is 59.7 Å². The molecule has 0 radical (unpaired) electrons. The van der Waals surface area contributed by atoms with Crippen LogP contribution in [0.25, 0.3) is 0 Å². The lowest BCUT2D eigenvalue weighted by Crippen LogP contribution is -2.23. The second kappa shape index (κ2) is 8.54. The largest absolute Gasteiger partial charge is 0.454 e. The fraction of sp³-hybridized carbons (Fsp3) is 0.250. The fourth-order valence-corrected chi connectivity index (χ4v) is 3.73. The summed E-state index contributed by atoms with van der Waals surface area (Å²) in [4.78, 5) is 37.8. The summed E-state index contributed by atoms with van der Waals surface area (Å²) in [6.45, 7) is 0.176. The van der Waals surface area contributed by atoms with Gasteiger partial charge in [-0.15, -0.1) is 0 Å². The van der Waals surface area contributed by atoms with Crippen LogP contribution in [0.5, 0.6) is 0 Å². The molecule has 9 heteroatoms. The number of hydrogen-bond donors (Lipinski definition) is 1. The number of esters is 1. The van der Waals surface area contributed by atoms with Crippen molar-refractivity contribution in [1.82, 2.24) is 4.72 Å². The van der Waals surface area contributed by atoms with Gasteiger partial charge in [-0.1, -0.05) is 6.07 Å². The number of carbonyl (C=O) groups excluding carboxylic acids is 3. The molecular formula is C20H20N2O6S. The minimum Gasteiger partial charge on any atom is -0.454 e. The van der Waals surface area contributed by atoms with Gasteiger partial charge in [0.05, 0.1) is 10.5 Å². The molecule has 0 saturated carbocycles. The van der Waals surface area contributed by atoms with E-state index < -0.39 is 28.4 Å². The number of benzene rings is 2. The Labute approximate surface area is 168 Å². The second-order valence-electron chi connectivity index (χ2n) is 6.43. The van der Waals surface area contributed by atoms with E-state index >= 15 is 0 Å². The predicted octanol–water partition coefficient (Wildman–Crippen LogP) is 1.76. The zero-order valence-electron chi connectivity index (χ0n) is 15.8. The van der Waals surface area contributed by atoms with Crippen LogP contribution in [0, 0.1) is 0 Å². The van der Waals surface area contributed by atoms with Crippen molar-refractivity contribution in [2.75, 3.05) is 25.1 Å². The van der Waals surface area contributed by atoms with Gasteiger partial charge in [0.25, 0.3) is 0 Å². The molecule has 3 rings (SSSR count). The molecule has 1 saturated heterocycles. The standard InChI is InChI=1S/C20H20N2O6S/c1-21-29(26,27)17-5-2-4-15(12-17)20(25)28-13-18(23)14-7-9-16(10-8-14)22-11-3-6-19(22)24/h2,4-5,7-10,12,21H,3,6,11,13H2,1H3. The molecule has 2 aromatic rings. The van der Waals surface area contributed by atoms with Gasteiger partial charge < -0.3 is 9.64 Å². The van der Waals surface area contributed by atoms with E-state index in [4.69, 9.17) is 4.74 Å². The van der Waals surface area contributed by atoms with Crippen LogP contribution >= 0.6 is 0 Å². The number of Topliss-reactive ketones (excluding diaryl/α,β-unsaturated/α-hetero) is 1. The number of ketones is 1. The van der Waals surface area contributed by atoms with Crippen LogP contribution in [0.15, 0.2) is 53.4 Å². The van der Waals surface area contributed by atoms with Gasteiger partial charge in [0.2, 0.25) is 15.9 Å². The lowest BCUT2D eigenvalue weighted by atomic mass is 10.1. The van der Waals surface area contributed by atoms with Gasteiger partial charge in [-0.05, 0) is 55.9 Å². The normalized spacial score (nSPS) is 14.1. The third-order valence-electron chi connectivity index (χ3n) is 4.56. The molecule has 1 N–H and O–H groups in total. The summed E-state index contributed by atoms with van der Waals surface area (Å²) in [7, 11) is -2.43. The van der Waals surface area contributed by atoms with Crippen molar-refractivity contribution in [3.63, 3.8) is 0 Å². The van der Waals surface area contributed by atoms with Gasteiger partial charge in [0, 0.05) is 24.2 Å². The first-order valence-electron chi connectivity index (χ1n) is 8.96. The summed E-state index contributed by atoms with van der Waals surface area (Å²) in [5.41, 5.74) is 1.10. The minimum absolute atomic E-state index is 0.0250. The Morgan fingerprint density at radius 3 is 2.45 bits per heavy atom. The van der Waals surface area contributed by atoms with Gasteiger partial charge >= 0.3 is 5.97 Å². The Morgan fingerprint density at radius 2 is 1.83 bits per heavy atom. The van der Waals surface area contributed by atoms with Crippen molar-refractivity contribution in [1.29, 1.82) is 0 Å². The molecule has 0 bridgehead atoms. The van der Waals surface area contributed by atoms with Crippen molar-refractivity contribution in [3.8, 4) is 0 Å². The third kappa shape index (κ3) is 4.69. The first-order chi connectivity index (χ1) is 13.8. The van der Waals surface area contributed by atoms with Gasteiger partial charge in [-0.25, -0.2) is 17.9 Å². The van der Waals surface area contributed by atoms with E-state index in [0.29, 0.717) is 18.5 Å². The number of rotatable bonds is 7. The van der Waals surface area contributed by atoms with Crippen molar-refractivity contribution in [2.24, 2.45) is 0 Å². The summed E-state index contributed by atoms with van der Waals surface area (Å²) < 4.78 is 30.8. The summed E-state index contributed by atoms with van der Waals surface area (Å²) in [6, 6.07) is 11.9.